The maximum atomic E-state index is 13.3. The quantitative estimate of drug-likeness (QED) is 0.124. The normalized spacial score (nSPS) is 21.9. The summed E-state index contributed by atoms with van der Waals surface area (Å²) >= 11 is 0. The van der Waals surface area contributed by atoms with Crippen LogP contribution in [0.2, 0.25) is 0 Å². The molecule has 2 aliphatic rings. The summed E-state index contributed by atoms with van der Waals surface area (Å²) in [5, 5.41) is 1.91. The monoisotopic (exact) mass is 554 g/mol. The number of alkyl halides is 3. The standard InChI is InChI=1S/C34H29F3N2O2/c1-18-11-13-25-24(15-18)28-30-29(22-9-4-5-10-23(22)32(28)41-33(25,2)3)39-27-17-20(12-14-26(27)38-30)31(40)19-7-6-8-21(16-19)34(35,36)37/h4-10,12,14,16-18,24-25H,11,13,15H2,1-3H3. The number of benzene rings is 4. The number of rotatable bonds is 2. The molecule has 1 aliphatic heterocycles. The van der Waals surface area contributed by atoms with E-state index in [1.807, 2.05) is 18.2 Å². The molecule has 4 aromatic carbocycles. The van der Waals surface area contributed by atoms with Crippen molar-refractivity contribution in [1.29, 1.82) is 0 Å². The van der Waals surface area contributed by atoms with Crippen LogP contribution in [0.4, 0.5) is 13.2 Å². The maximum Gasteiger partial charge on any atom is 0.416 e. The van der Waals surface area contributed by atoms with Crippen LogP contribution in [0.5, 0.6) is 5.75 Å². The van der Waals surface area contributed by atoms with Gasteiger partial charge in [-0.3, -0.25) is 4.79 Å². The molecule has 3 unspecified atom stereocenters. The van der Waals surface area contributed by atoms with Crippen molar-refractivity contribution in [2.45, 2.75) is 57.7 Å². The second-order valence-electron chi connectivity index (χ2n) is 12.2. The van der Waals surface area contributed by atoms with Gasteiger partial charge in [0, 0.05) is 33.4 Å². The van der Waals surface area contributed by atoms with Crippen molar-refractivity contribution in [3.63, 3.8) is 0 Å². The van der Waals surface area contributed by atoms with E-state index in [0.29, 0.717) is 22.9 Å². The highest BCUT2D eigenvalue weighted by molar-refractivity contribution is 6.13. The molecule has 1 saturated carbocycles. The fourth-order valence-corrected chi connectivity index (χ4v) is 7.04. The van der Waals surface area contributed by atoms with Gasteiger partial charge >= 0.3 is 6.18 Å². The molecule has 208 valence electrons. The van der Waals surface area contributed by atoms with Crippen LogP contribution in [0.15, 0.2) is 66.7 Å². The summed E-state index contributed by atoms with van der Waals surface area (Å²) in [5.41, 5.74) is 2.91. The van der Waals surface area contributed by atoms with Crippen molar-refractivity contribution in [2.75, 3.05) is 0 Å². The van der Waals surface area contributed by atoms with Gasteiger partial charge in [0.05, 0.1) is 27.6 Å². The Morgan fingerprint density at radius 2 is 1.61 bits per heavy atom. The van der Waals surface area contributed by atoms with Crippen LogP contribution in [0.1, 0.15) is 73.0 Å². The number of ether oxygens (including phenoxy) is 1. The summed E-state index contributed by atoms with van der Waals surface area (Å²) in [7, 11) is 0. The molecule has 1 fully saturated rings. The fraction of sp³-hybridized carbons (Fsp3) is 0.324. The molecule has 2 heterocycles. The van der Waals surface area contributed by atoms with E-state index in [2.05, 4.69) is 26.8 Å². The zero-order chi connectivity index (χ0) is 28.7. The molecule has 0 radical (unpaired) electrons. The Hall–Kier alpha value is -4.00. The van der Waals surface area contributed by atoms with Gasteiger partial charge in [0.1, 0.15) is 11.4 Å². The largest absolute Gasteiger partial charge is 0.487 e. The minimum absolute atomic E-state index is 0.0235. The lowest BCUT2D eigenvalue weighted by Gasteiger charge is -2.49. The van der Waals surface area contributed by atoms with Crippen molar-refractivity contribution in [3.8, 4) is 5.75 Å². The van der Waals surface area contributed by atoms with Crippen molar-refractivity contribution in [3.05, 3.63) is 89.0 Å². The third kappa shape index (κ3) is 4.16. The molecule has 0 amide bonds. The van der Waals surface area contributed by atoms with Gasteiger partial charge < -0.3 is 4.74 Å². The molecule has 0 N–H and O–H groups in total. The highest BCUT2D eigenvalue weighted by Crippen LogP contribution is 2.56. The number of carbonyl (C=O) groups excluding carboxylic acids is 1. The molecule has 41 heavy (non-hydrogen) atoms. The topological polar surface area (TPSA) is 52.1 Å². The number of carbonyl (C=O) groups is 1. The number of fused-ring (bicyclic) bond motifs is 9. The first-order valence-electron chi connectivity index (χ1n) is 14.1. The first-order chi connectivity index (χ1) is 19.5. The Kier molecular flexibility index (Phi) is 5.69. The van der Waals surface area contributed by atoms with Crippen LogP contribution < -0.4 is 4.74 Å². The van der Waals surface area contributed by atoms with Gasteiger partial charge in [0.2, 0.25) is 0 Å². The fourth-order valence-electron chi connectivity index (χ4n) is 7.04. The number of ketones is 1. The molecular weight excluding hydrogens is 525 g/mol. The molecule has 7 heteroatoms. The number of nitrogens with zero attached hydrogens (tertiary/aromatic N) is 2. The molecule has 1 aromatic heterocycles. The van der Waals surface area contributed by atoms with Crippen LogP contribution in [-0.2, 0) is 6.18 Å². The van der Waals surface area contributed by atoms with Gasteiger partial charge in [-0.1, -0.05) is 49.7 Å². The summed E-state index contributed by atoms with van der Waals surface area (Å²) in [5.74, 6) is 1.64. The molecule has 0 bridgehead atoms. The van der Waals surface area contributed by atoms with E-state index < -0.39 is 17.5 Å². The van der Waals surface area contributed by atoms with Crippen LogP contribution in [-0.4, -0.2) is 21.4 Å². The SMILES string of the molecule is CC1CCC2C(C1)c1c(c3ccccc3c3nc4cc(C(=O)c5cccc(C(F)(F)F)c5)ccc4nc13)OC2(C)C. The zero-order valence-electron chi connectivity index (χ0n) is 23.0. The Bertz CT molecular complexity index is 1880. The Labute approximate surface area is 235 Å². The lowest BCUT2D eigenvalue weighted by molar-refractivity contribution is -0.137. The van der Waals surface area contributed by atoms with Gasteiger partial charge in [0.25, 0.3) is 0 Å². The number of aromatic nitrogens is 2. The van der Waals surface area contributed by atoms with Crippen molar-refractivity contribution < 1.29 is 22.7 Å². The van der Waals surface area contributed by atoms with Gasteiger partial charge in [-0.2, -0.15) is 13.2 Å². The number of hydrogen-bond donors (Lipinski definition) is 0. The van der Waals surface area contributed by atoms with E-state index in [1.165, 1.54) is 18.6 Å². The Balaban J connectivity index is 1.43. The zero-order valence-corrected chi connectivity index (χ0v) is 23.0. The van der Waals surface area contributed by atoms with Crippen LogP contribution >= 0.6 is 0 Å². The molecule has 4 nitrogen and oxygen atoms in total. The smallest absolute Gasteiger partial charge is 0.416 e. The molecule has 7 rings (SSSR count). The molecule has 5 aromatic rings. The second kappa shape index (κ2) is 9.00. The van der Waals surface area contributed by atoms with Crippen LogP contribution in [0.3, 0.4) is 0 Å². The summed E-state index contributed by atoms with van der Waals surface area (Å²) in [6.45, 7) is 6.70. The minimum Gasteiger partial charge on any atom is -0.487 e. The summed E-state index contributed by atoms with van der Waals surface area (Å²) < 4.78 is 46.6. The van der Waals surface area contributed by atoms with Gasteiger partial charge in [-0.05, 0) is 68.9 Å². The molecule has 0 saturated heterocycles. The van der Waals surface area contributed by atoms with Gasteiger partial charge in [-0.15, -0.1) is 0 Å². The Morgan fingerprint density at radius 1 is 0.878 bits per heavy atom. The lowest BCUT2D eigenvalue weighted by Crippen LogP contribution is -2.46. The molecule has 0 spiro atoms. The molecule has 1 aliphatic carbocycles. The van der Waals surface area contributed by atoms with E-state index in [0.717, 1.165) is 58.1 Å². The summed E-state index contributed by atoms with van der Waals surface area (Å²) in [6.07, 6.45) is -1.21. The number of hydrogen-bond acceptors (Lipinski definition) is 4. The van der Waals surface area contributed by atoms with Crippen molar-refractivity contribution in [1.82, 2.24) is 9.97 Å². The highest BCUT2D eigenvalue weighted by atomic mass is 19.4. The van der Waals surface area contributed by atoms with E-state index in [9.17, 15) is 18.0 Å². The average molecular weight is 555 g/mol. The summed E-state index contributed by atoms with van der Waals surface area (Å²) in [6, 6.07) is 17.5. The summed E-state index contributed by atoms with van der Waals surface area (Å²) in [4.78, 5) is 23.4. The third-order valence-electron chi connectivity index (χ3n) is 9.05. The lowest BCUT2D eigenvalue weighted by atomic mass is 9.64. The van der Waals surface area contributed by atoms with E-state index >= 15 is 0 Å². The third-order valence-corrected chi connectivity index (χ3v) is 9.05. The highest BCUT2D eigenvalue weighted by Gasteiger charge is 2.47. The average Bonchev–Trinajstić information content (AvgIpc) is 2.95. The number of halogens is 3. The second-order valence-corrected chi connectivity index (χ2v) is 12.2. The Morgan fingerprint density at radius 3 is 2.39 bits per heavy atom. The first-order valence-corrected chi connectivity index (χ1v) is 14.1. The first kappa shape index (κ1) is 25.9. The van der Waals surface area contributed by atoms with E-state index in [1.54, 1.807) is 18.2 Å². The van der Waals surface area contributed by atoms with Gasteiger partial charge in [0.15, 0.2) is 5.78 Å². The van der Waals surface area contributed by atoms with E-state index in [4.69, 9.17) is 14.7 Å². The van der Waals surface area contributed by atoms with Crippen molar-refractivity contribution in [2.24, 2.45) is 11.8 Å². The van der Waals surface area contributed by atoms with Crippen molar-refractivity contribution >= 4 is 38.6 Å². The molecular formula is C34H29F3N2O2. The minimum atomic E-state index is -4.53. The van der Waals surface area contributed by atoms with Crippen LogP contribution in [0, 0.1) is 11.8 Å². The predicted molar refractivity (Wildman–Crippen MR) is 153 cm³/mol. The van der Waals surface area contributed by atoms with Gasteiger partial charge in [-0.25, -0.2) is 9.97 Å². The van der Waals surface area contributed by atoms with Crippen LogP contribution in [0.25, 0.3) is 32.8 Å². The molecule has 3 atom stereocenters. The van der Waals surface area contributed by atoms with E-state index in [-0.39, 0.29) is 22.6 Å². The predicted octanol–water partition coefficient (Wildman–Crippen LogP) is 8.88. The maximum absolute atomic E-state index is 13.3.